The molecule has 1 aromatic rings. The van der Waals surface area contributed by atoms with Gasteiger partial charge in [-0.2, -0.15) is 0 Å². The summed E-state index contributed by atoms with van der Waals surface area (Å²) in [5.74, 6) is 0.719. The van der Waals surface area contributed by atoms with Gasteiger partial charge in [0.05, 0.1) is 6.10 Å². The Morgan fingerprint density at radius 1 is 1.33 bits per heavy atom. The number of ether oxygens (including phenoxy) is 1. The van der Waals surface area contributed by atoms with Crippen molar-refractivity contribution in [1.29, 1.82) is 0 Å². The van der Waals surface area contributed by atoms with Crippen molar-refractivity contribution in [3.63, 3.8) is 0 Å². The molecule has 18 heavy (non-hydrogen) atoms. The van der Waals surface area contributed by atoms with E-state index in [0.717, 1.165) is 29.9 Å². The lowest BCUT2D eigenvalue weighted by Crippen LogP contribution is -2.31. The van der Waals surface area contributed by atoms with Gasteiger partial charge in [-0.3, -0.25) is 0 Å². The summed E-state index contributed by atoms with van der Waals surface area (Å²) >= 11 is 0. The Morgan fingerprint density at radius 2 is 1.94 bits per heavy atom. The lowest BCUT2D eigenvalue weighted by molar-refractivity contribution is -0.0573. The van der Waals surface area contributed by atoms with Gasteiger partial charge >= 0.3 is 0 Å². The molecule has 4 nitrogen and oxygen atoms in total. The number of rotatable bonds is 6. The van der Waals surface area contributed by atoms with Gasteiger partial charge in [-0.15, -0.1) is 0 Å². The fourth-order valence-corrected chi connectivity index (χ4v) is 2.22. The summed E-state index contributed by atoms with van der Waals surface area (Å²) in [5, 5.41) is 9.60. The number of hydrogen-bond acceptors (Lipinski definition) is 4. The van der Waals surface area contributed by atoms with E-state index in [1.807, 2.05) is 13.8 Å². The third kappa shape index (κ3) is 2.87. The van der Waals surface area contributed by atoms with Crippen LogP contribution in [0.2, 0.25) is 0 Å². The van der Waals surface area contributed by atoms with Crippen molar-refractivity contribution in [2.75, 3.05) is 6.61 Å². The molecule has 4 heteroatoms. The van der Waals surface area contributed by atoms with Crippen molar-refractivity contribution < 1.29 is 9.84 Å². The van der Waals surface area contributed by atoms with Crippen LogP contribution in [-0.2, 0) is 10.3 Å². The molecule has 0 amide bonds. The second kappa shape index (κ2) is 6.25. The monoisotopic (exact) mass is 252 g/mol. The summed E-state index contributed by atoms with van der Waals surface area (Å²) in [6, 6.07) is 0. The first-order chi connectivity index (χ1) is 8.50. The maximum Gasteiger partial charge on any atom is 0.160 e. The predicted molar refractivity (Wildman–Crippen MR) is 71.3 cm³/mol. The lowest BCUT2D eigenvalue weighted by Gasteiger charge is -2.30. The fraction of sp³-hybridized carbons (Fsp3) is 0.714. The molecule has 0 unspecified atom stereocenters. The Labute approximate surface area is 109 Å². The van der Waals surface area contributed by atoms with E-state index in [0.29, 0.717) is 6.61 Å². The Kier molecular flexibility index (Phi) is 5.23. The van der Waals surface area contributed by atoms with Gasteiger partial charge in [0.2, 0.25) is 0 Å². The van der Waals surface area contributed by atoms with Crippen LogP contribution in [0.4, 0.5) is 0 Å². The van der Waals surface area contributed by atoms with Crippen molar-refractivity contribution >= 4 is 0 Å². The summed E-state index contributed by atoms with van der Waals surface area (Å²) in [6.45, 7) is 10.4. The van der Waals surface area contributed by atoms with E-state index < -0.39 is 11.7 Å². The Morgan fingerprint density at radius 3 is 2.33 bits per heavy atom. The lowest BCUT2D eigenvalue weighted by atomic mass is 9.95. The van der Waals surface area contributed by atoms with Crippen LogP contribution in [0, 0.1) is 6.92 Å². The van der Waals surface area contributed by atoms with Crippen molar-refractivity contribution in [1.82, 2.24) is 9.97 Å². The zero-order valence-corrected chi connectivity index (χ0v) is 12.0. The Hall–Kier alpha value is -1.00. The molecule has 0 aliphatic heterocycles. The first-order valence-corrected chi connectivity index (χ1v) is 6.66. The predicted octanol–water partition coefficient (Wildman–Crippen LogP) is 2.89. The Bertz CT molecular complexity index is 387. The van der Waals surface area contributed by atoms with Crippen LogP contribution in [0.1, 0.15) is 63.7 Å². The highest BCUT2D eigenvalue weighted by atomic mass is 16.5. The quantitative estimate of drug-likeness (QED) is 0.845. The molecule has 1 aromatic heterocycles. The molecule has 1 rings (SSSR count). The summed E-state index contributed by atoms with van der Waals surface area (Å²) < 4.78 is 5.88. The van der Waals surface area contributed by atoms with Gasteiger partial charge < -0.3 is 9.84 Å². The van der Waals surface area contributed by atoms with E-state index in [9.17, 15) is 5.11 Å². The molecule has 0 fully saturated rings. The van der Waals surface area contributed by atoms with Crippen LogP contribution >= 0.6 is 0 Å². The van der Waals surface area contributed by atoms with Crippen LogP contribution in [0.15, 0.2) is 6.20 Å². The largest absolute Gasteiger partial charge is 0.389 e. The molecular weight excluding hydrogens is 228 g/mol. The van der Waals surface area contributed by atoms with Crippen molar-refractivity contribution in [2.45, 2.75) is 59.2 Å². The average Bonchev–Trinajstić information content (AvgIpc) is 2.35. The minimum absolute atomic E-state index is 0.406. The van der Waals surface area contributed by atoms with Crippen molar-refractivity contribution in [3.05, 3.63) is 23.3 Å². The van der Waals surface area contributed by atoms with Gasteiger partial charge in [0.25, 0.3) is 0 Å². The molecule has 1 heterocycles. The van der Waals surface area contributed by atoms with Crippen molar-refractivity contribution in [2.24, 2.45) is 0 Å². The molecule has 1 N–H and O–H groups in total. The SMILES string of the molecule is CCOC(CC)(CC)c1ncc([C@@H](C)O)c(C)n1. The summed E-state index contributed by atoms with van der Waals surface area (Å²) in [7, 11) is 0. The molecular formula is C14H24N2O2. The van der Waals surface area contributed by atoms with E-state index in [4.69, 9.17) is 4.74 Å². The fourth-order valence-electron chi connectivity index (χ4n) is 2.22. The molecule has 0 bridgehead atoms. The van der Waals surface area contributed by atoms with Gasteiger partial charge in [0, 0.05) is 24.1 Å². The van der Waals surface area contributed by atoms with E-state index in [1.54, 1.807) is 13.1 Å². The smallest absolute Gasteiger partial charge is 0.160 e. The molecule has 0 radical (unpaired) electrons. The molecule has 0 aliphatic rings. The summed E-state index contributed by atoms with van der Waals surface area (Å²) in [6.07, 6.45) is 2.85. The molecule has 0 aliphatic carbocycles. The van der Waals surface area contributed by atoms with Gasteiger partial charge in [-0.05, 0) is 33.6 Å². The van der Waals surface area contributed by atoms with Crippen LogP contribution in [0.5, 0.6) is 0 Å². The number of aromatic nitrogens is 2. The summed E-state index contributed by atoms with van der Waals surface area (Å²) in [5.41, 5.74) is 1.19. The van der Waals surface area contributed by atoms with Gasteiger partial charge in [0.1, 0.15) is 5.60 Å². The zero-order valence-electron chi connectivity index (χ0n) is 12.0. The first kappa shape index (κ1) is 15.1. The zero-order chi connectivity index (χ0) is 13.8. The highest BCUT2D eigenvalue weighted by Crippen LogP contribution is 2.31. The molecule has 1 atom stereocenters. The van der Waals surface area contributed by atoms with Crippen LogP contribution < -0.4 is 0 Å². The van der Waals surface area contributed by atoms with E-state index >= 15 is 0 Å². The van der Waals surface area contributed by atoms with E-state index in [1.165, 1.54) is 0 Å². The summed E-state index contributed by atoms with van der Waals surface area (Å²) in [4.78, 5) is 8.93. The maximum absolute atomic E-state index is 9.60. The van der Waals surface area contributed by atoms with Crippen LogP contribution in [-0.4, -0.2) is 21.7 Å². The first-order valence-electron chi connectivity index (χ1n) is 6.66. The van der Waals surface area contributed by atoms with E-state index in [-0.39, 0.29) is 0 Å². The van der Waals surface area contributed by atoms with Gasteiger partial charge in [0.15, 0.2) is 5.82 Å². The minimum atomic E-state index is -0.538. The number of aliphatic hydroxyl groups excluding tert-OH is 1. The minimum Gasteiger partial charge on any atom is -0.389 e. The van der Waals surface area contributed by atoms with Crippen molar-refractivity contribution in [3.8, 4) is 0 Å². The van der Waals surface area contributed by atoms with E-state index in [2.05, 4.69) is 23.8 Å². The number of aryl methyl sites for hydroxylation is 1. The standard InChI is InChI=1S/C14H24N2O2/c1-6-14(7-2,18-8-3)13-15-9-12(11(5)17)10(4)16-13/h9,11,17H,6-8H2,1-5H3/t11-/m1/s1. The van der Waals surface area contributed by atoms with Gasteiger partial charge in [-0.25, -0.2) is 9.97 Å². The van der Waals surface area contributed by atoms with Gasteiger partial charge in [-0.1, -0.05) is 13.8 Å². The number of aliphatic hydroxyl groups is 1. The number of nitrogens with zero attached hydrogens (tertiary/aromatic N) is 2. The molecule has 0 saturated heterocycles. The van der Waals surface area contributed by atoms with Crippen LogP contribution in [0.25, 0.3) is 0 Å². The topological polar surface area (TPSA) is 55.2 Å². The second-order valence-corrected chi connectivity index (χ2v) is 4.54. The molecule has 0 aromatic carbocycles. The number of hydrogen-bond donors (Lipinski definition) is 1. The normalized spacial score (nSPS) is 13.7. The third-order valence-electron chi connectivity index (χ3n) is 3.44. The Balaban J connectivity index is 3.18. The highest BCUT2D eigenvalue weighted by molar-refractivity contribution is 5.20. The molecule has 0 spiro atoms. The van der Waals surface area contributed by atoms with Crippen LogP contribution in [0.3, 0.4) is 0 Å². The highest BCUT2D eigenvalue weighted by Gasteiger charge is 2.32. The molecule has 0 saturated carbocycles. The average molecular weight is 252 g/mol. The third-order valence-corrected chi connectivity index (χ3v) is 3.44. The maximum atomic E-state index is 9.60. The second-order valence-electron chi connectivity index (χ2n) is 4.54. The molecule has 102 valence electrons.